The van der Waals surface area contributed by atoms with Crippen molar-refractivity contribution in [2.75, 3.05) is 11.5 Å². The molecule has 0 saturated carbocycles. The summed E-state index contributed by atoms with van der Waals surface area (Å²) in [6.45, 7) is 2.25. The lowest BCUT2D eigenvalue weighted by atomic mass is 10.1. The van der Waals surface area contributed by atoms with E-state index in [4.69, 9.17) is 5.11 Å². The molecule has 1 aliphatic heterocycles. The minimum atomic E-state index is -0.806. The lowest BCUT2D eigenvalue weighted by Gasteiger charge is -2.35. The van der Waals surface area contributed by atoms with Crippen molar-refractivity contribution >= 4 is 29.5 Å². The van der Waals surface area contributed by atoms with Crippen molar-refractivity contribution in [1.29, 1.82) is 0 Å². The number of carboxylic acids is 1. The topological polar surface area (TPSA) is 57.5 Å². The molecule has 160 valence electrons. The van der Waals surface area contributed by atoms with Crippen molar-refractivity contribution in [3.05, 3.63) is 36.5 Å². The molecule has 1 heterocycles. The molecule has 5 heteroatoms. The van der Waals surface area contributed by atoms with E-state index in [1.165, 1.54) is 50.0 Å². The maximum absolute atomic E-state index is 10.5. The number of rotatable bonds is 15. The number of allylic oxidation sites excluding steroid dienone is 5. The molecule has 1 aliphatic rings. The molecule has 3 nitrogen and oxygen atoms in total. The van der Waals surface area contributed by atoms with Crippen LogP contribution in [-0.4, -0.2) is 37.9 Å². The van der Waals surface area contributed by atoms with E-state index < -0.39 is 12.1 Å². The number of carboxylic acid groups (broad SMARTS) is 1. The average molecular weight is 427 g/mol. The summed E-state index contributed by atoms with van der Waals surface area (Å²) in [4.78, 5) is 10.5. The Morgan fingerprint density at radius 2 is 1.86 bits per heavy atom. The summed E-state index contributed by atoms with van der Waals surface area (Å²) in [5.74, 6) is 1.73. The van der Waals surface area contributed by atoms with Gasteiger partial charge in [0.05, 0.1) is 10.2 Å². The fourth-order valence-electron chi connectivity index (χ4n) is 3.10. The fourth-order valence-corrected chi connectivity index (χ4v) is 6.39. The molecule has 2 N–H and O–H groups in total. The average Bonchev–Trinajstić information content (AvgIpc) is 2.68. The van der Waals surface area contributed by atoms with Gasteiger partial charge in [-0.15, -0.1) is 23.5 Å². The highest BCUT2D eigenvalue weighted by atomic mass is 32.2. The van der Waals surface area contributed by atoms with Crippen LogP contribution in [0.2, 0.25) is 0 Å². The van der Waals surface area contributed by atoms with E-state index in [0.717, 1.165) is 12.8 Å². The lowest BCUT2D eigenvalue weighted by molar-refractivity contribution is -0.137. The van der Waals surface area contributed by atoms with Crippen molar-refractivity contribution in [1.82, 2.24) is 0 Å². The molecule has 0 aromatic carbocycles. The van der Waals surface area contributed by atoms with Gasteiger partial charge < -0.3 is 10.2 Å². The maximum Gasteiger partial charge on any atom is 0.303 e. The van der Waals surface area contributed by atoms with Crippen LogP contribution < -0.4 is 0 Å². The fraction of sp³-hybridized carbons (Fsp3) is 0.696. The first-order chi connectivity index (χ1) is 13.6. The van der Waals surface area contributed by atoms with Crippen LogP contribution in [0.5, 0.6) is 0 Å². The third-order valence-electron chi connectivity index (χ3n) is 4.75. The summed E-state index contributed by atoms with van der Waals surface area (Å²) in [6.07, 6.45) is 23.0. The number of aliphatic hydroxyl groups is 1. The van der Waals surface area contributed by atoms with Gasteiger partial charge in [0.15, 0.2) is 0 Å². The monoisotopic (exact) mass is 426 g/mol. The van der Waals surface area contributed by atoms with Crippen LogP contribution in [-0.2, 0) is 4.79 Å². The number of hydrogen-bond donors (Lipinski definition) is 2. The molecule has 0 aromatic heterocycles. The van der Waals surface area contributed by atoms with E-state index in [2.05, 4.69) is 48.7 Å². The van der Waals surface area contributed by atoms with Gasteiger partial charge in [-0.05, 0) is 62.9 Å². The predicted octanol–water partition coefficient (Wildman–Crippen LogP) is 6.59. The van der Waals surface area contributed by atoms with Crippen molar-refractivity contribution < 1.29 is 15.0 Å². The third-order valence-corrected chi connectivity index (χ3v) is 8.24. The van der Waals surface area contributed by atoms with Crippen LogP contribution in [0.1, 0.15) is 77.6 Å². The van der Waals surface area contributed by atoms with Crippen LogP contribution in [0.15, 0.2) is 36.5 Å². The van der Waals surface area contributed by atoms with Gasteiger partial charge in [-0.1, -0.05) is 56.2 Å². The molecule has 28 heavy (non-hydrogen) atoms. The minimum Gasteiger partial charge on any atom is -0.481 e. The number of hydrogen-bond acceptors (Lipinski definition) is 4. The first-order valence-electron chi connectivity index (χ1n) is 10.7. The zero-order valence-corrected chi connectivity index (χ0v) is 19.0. The standard InChI is InChI=1S/C23H38O3S2/c1-2-3-4-5-7-10-17-23(27-19-13-20-28-23)18-11-8-6-9-14-21(24)15-12-16-22(25)26/h6-10,14,21,24H,2-5,11-13,15-20H2,1H3,(H,25,26)/b8-6+,10-7-,14-9-/t21-/m1/s1. The van der Waals surface area contributed by atoms with Crippen LogP contribution in [0, 0.1) is 0 Å². The highest BCUT2D eigenvalue weighted by Gasteiger charge is 2.31. The smallest absolute Gasteiger partial charge is 0.303 e. The SMILES string of the molecule is CCCCC/C=C\CC1(CC/C=C/C=C\[C@@H](O)CCCC(=O)O)SCCCS1. The van der Waals surface area contributed by atoms with Crippen LogP contribution in [0.25, 0.3) is 0 Å². The van der Waals surface area contributed by atoms with Gasteiger partial charge in [-0.25, -0.2) is 0 Å². The summed E-state index contributed by atoms with van der Waals surface area (Å²) in [5, 5.41) is 18.4. The molecule has 1 fully saturated rings. The Morgan fingerprint density at radius 3 is 2.57 bits per heavy atom. The number of unbranched alkanes of at least 4 members (excludes halogenated alkanes) is 3. The normalized spacial score (nSPS) is 18.4. The van der Waals surface area contributed by atoms with E-state index in [9.17, 15) is 9.90 Å². The maximum atomic E-state index is 10.5. The first-order valence-corrected chi connectivity index (χ1v) is 12.7. The van der Waals surface area contributed by atoms with Gasteiger partial charge in [0, 0.05) is 6.42 Å². The van der Waals surface area contributed by atoms with Crippen LogP contribution in [0.4, 0.5) is 0 Å². The number of aliphatic carboxylic acids is 1. The Kier molecular flexibility index (Phi) is 14.7. The molecule has 0 aliphatic carbocycles. The molecular weight excluding hydrogens is 388 g/mol. The van der Waals surface area contributed by atoms with Crippen LogP contribution >= 0.6 is 23.5 Å². The molecule has 0 spiro atoms. The second kappa shape index (κ2) is 16.2. The largest absolute Gasteiger partial charge is 0.481 e. The second-order valence-corrected chi connectivity index (χ2v) is 10.6. The van der Waals surface area contributed by atoms with E-state index in [-0.39, 0.29) is 6.42 Å². The molecule has 0 radical (unpaired) electrons. The van der Waals surface area contributed by atoms with Crippen molar-refractivity contribution in [2.45, 2.75) is 87.7 Å². The number of aliphatic hydroxyl groups excluding tert-OH is 1. The van der Waals surface area contributed by atoms with Crippen molar-refractivity contribution in [3.8, 4) is 0 Å². The Hall–Kier alpha value is -0.650. The minimum absolute atomic E-state index is 0.116. The van der Waals surface area contributed by atoms with Crippen molar-refractivity contribution in [2.24, 2.45) is 0 Å². The van der Waals surface area contributed by atoms with E-state index >= 15 is 0 Å². The molecule has 1 atom stereocenters. The highest BCUT2D eigenvalue weighted by molar-refractivity contribution is 8.18. The second-order valence-electron chi connectivity index (χ2n) is 7.34. The number of thioether (sulfide) groups is 2. The van der Waals surface area contributed by atoms with E-state index in [1.54, 1.807) is 6.08 Å². The summed E-state index contributed by atoms with van der Waals surface area (Å²) in [7, 11) is 0. The molecule has 0 bridgehead atoms. The zero-order chi connectivity index (χ0) is 20.5. The molecular formula is C23H38O3S2. The molecule has 0 amide bonds. The summed E-state index contributed by atoms with van der Waals surface area (Å²) < 4.78 is 0.323. The summed E-state index contributed by atoms with van der Waals surface area (Å²) in [6, 6.07) is 0. The van der Waals surface area contributed by atoms with E-state index in [1.807, 2.05) is 12.2 Å². The molecule has 0 unspecified atom stereocenters. The van der Waals surface area contributed by atoms with Gasteiger partial charge in [-0.2, -0.15) is 0 Å². The predicted molar refractivity (Wildman–Crippen MR) is 125 cm³/mol. The first kappa shape index (κ1) is 25.4. The molecule has 0 aromatic rings. The van der Waals surface area contributed by atoms with Crippen LogP contribution in [0.3, 0.4) is 0 Å². The van der Waals surface area contributed by atoms with Gasteiger partial charge in [0.2, 0.25) is 0 Å². The quantitative estimate of drug-likeness (QED) is 0.176. The van der Waals surface area contributed by atoms with Gasteiger partial charge in [-0.3, -0.25) is 4.79 Å². The van der Waals surface area contributed by atoms with Gasteiger partial charge in [0.1, 0.15) is 0 Å². The third kappa shape index (κ3) is 12.7. The highest BCUT2D eigenvalue weighted by Crippen LogP contribution is 2.48. The summed E-state index contributed by atoms with van der Waals surface area (Å²) in [5.41, 5.74) is 0. The van der Waals surface area contributed by atoms with Crippen molar-refractivity contribution in [3.63, 3.8) is 0 Å². The molecule has 1 rings (SSSR count). The van der Waals surface area contributed by atoms with Gasteiger partial charge >= 0.3 is 5.97 Å². The summed E-state index contributed by atoms with van der Waals surface area (Å²) >= 11 is 4.26. The molecule has 1 saturated heterocycles. The Labute approximate surface area is 180 Å². The van der Waals surface area contributed by atoms with E-state index in [0.29, 0.717) is 16.9 Å². The Morgan fingerprint density at radius 1 is 1.07 bits per heavy atom. The Bertz CT molecular complexity index is 494. The van der Waals surface area contributed by atoms with Gasteiger partial charge in [0.25, 0.3) is 0 Å². The zero-order valence-electron chi connectivity index (χ0n) is 17.4. The number of carbonyl (C=O) groups is 1. The Balaban J connectivity index is 2.32. The lowest BCUT2D eigenvalue weighted by Crippen LogP contribution is -2.24.